The van der Waals surface area contributed by atoms with E-state index in [4.69, 9.17) is 0 Å². The van der Waals surface area contributed by atoms with Crippen LogP contribution in [0.3, 0.4) is 0 Å². The third-order valence-corrected chi connectivity index (χ3v) is 4.25. The van der Waals surface area contributed by atoms with Gasteiger partial charge in [0.15, 0.2) is 0 Å². The number of aromatic nitrogens is 1. The maximum atomic E-state index is 12.4. The summed E-state index contributed by atoms with van der Waals surface area (Å²) in [7, 11) is 0. The number of likely N-dealkylation sites (tertiary alicyclic amines) is 1. The Hall–Kier alpha value is -2.69. The van der Waals surface area contributed by atoms with Crippen LogP contribution in [0, 0.1) is 0 Å². The maximum absolute atomic E-state index is 12.4. The van der Waals surface area contributed by atoms with Crippen molar-refractivity contribution < 1.29 is 9.59 Å². The van der Waals surface area contributed by atoms with Crippen LogP contribution in [0.2, 0.25) is 0 Å². The van der Waals surface area contributed by atoms with E-state index in [0.29, 0.717) is 5.56 Å². The number of amides is 2. The number of benzene rings is 1. The van der Waals surface area contributed by atoms with E-state index in [0.717, 1.165) is 38.0 Å². The number of hydrogen-bond donors (Lipinski definition) is 1. The molecule has 0 aliphatic carbocycles. The van der Waals surface area contributed by atoms with Crippen LogP contribution in [0.5, 0.6) is 0 Å². The van der Waals surface area contributed by atoms with Gasteiger partial charge in [0.2, 0.25) is 0 Å². The number of pyridine rings is 1. The lowest BCUT2D eigenvalue weighted by Crippen LogP contribution is -2.28. The Bertz CT molecular complexity index is 735. The second kappa shape index (κ2) is 7.25. The van der Waals surface area contributed by atoms with Gasteiger partial charge in [-0.2, -0.15) is 0 Å². The number of rotatable bonds is 4. The molecule has 124 valence electrons. The van der Waals surface area contributed by atoms with Crippen molar-refractivity contribution >= 4 is 17.5 Å². The number of carbonyl (C=O) groups is 2. The molecule has 1 aliphatic heterocycles. The van der Waals surface area contributed by atoms with Gasteiger partial charge in [-0.1, -0.05) is 19.1 Å². The van der Waals surface area contributed by atoms with Crippen LogP contribution in [-0.2, 0) is 6.42 Å². The molecule has 1 saturated heterocycles. The van der Waals surface area contributed by atoms with E-state index in [1.165, 1.54) is 11.8 Å². The predicted octanol–water partition coefficient (Wildman–Crippen LogP) is 3.13. The molecule has 1 aromatic carbocycles. The molecule has 0 atom stereocenters. The Kier molecular flexibility index (Phi) is 4.89. The summed E-state index contributed by atoms with van der Waals surface area (Å²) in [5.41, 5.74) is 2.69. The fourth-order valence-corrected chi connectivity index (χ4v) is 2.81. The highest BCUT2D eigenvalue weighted by molar-refractivity contribution is 6.04. The molecule has 0 saturated carbocycles. The molecule has 5 heteroatoms. The standard InChI is InChI=1S/C19H21N3O2/c1-2-14-5-7-16(8-6-14)21-18(23)17-13-15(9-10-20-17)19(24)22-11-3-4-12-22/h5-10,13H,2-4,11-12H2,1H3,(H,21,23). The van der Waals surface area contributed by atoms with Crippen LogP contribution in [0.15, 0.2) is 42.6 Å². The minimum Gasteiger partial charge on any atom is -0.339 e. The van der Waals surface area contributed by atoms with E-state index in [1.54, 1.807) is 12.1 Å². The summed E-state index contributed by atoms with van der Waals surface area (Å²) in [5, 5.41) is 2.82. The zero-order valence-electron chi connectivity index (χ0n) is 13.8. The van der Waals surface area contributed by atoms with Crippen LogP contribution >= 0.6 is 0 Å². The van der Waals surface area contributed by atoms with Crippen molar-refractivity contribution in [3.63, 3.8) is 0 Å². The average molecular weight is 323 g/mol. The molecule has 0 radical (unpaired) electrons. The first-order valence-electron chi connectivity index (χ1n) is 8.33. The minimum atomic E-state index is -0.310. The SMILES string of the molecule is CCc1ccc(NC(=O)c2cc(C(=O)N3CCCC3)ccn2)cc1. The van der Waals surface area contributed by atoms with E-state index >= 15 is 0 Å². The van der Waals surface area contributed by atoms with Crippen molar-refractivity contribution in [3.8, 4) is 0 Å². The highest BCUT2D eigenvalue weighted by Gasteiger charge is 2.20. The summed E-state index contributed by atoms with van der Waals surface area (Å²) >= 11 is 0. The summed E-state index contributed by atoms with van der Waals surface area (Å²) in [6.45, 7) is 3.65. The molecule has 0 unspecified atom stereocenters. The summed E-state index contributed by atoms with van der Waals surface area (Å²) in [6.07, 6.45) is 4.55. The number of anilines is 1. The Balaban J connectivity index is 1.72. The van der Waals surface area contributed by atoms with Gasteiger partial charge in [-0.05, 0) is 49.1 Å². The Morgan fingerprint density at radius 1 is 1.12 bits per heavy atom. The molecule has 2 amide bonds. The molecule has 1 aliphatic rings. The zero-order chi connectivity index (χ0) is 16.9. The third kappa shape index (κ3) is 3.62. The summed E-state index contributed by atoms with van der Waals surface area (Å²) in [5.74, 6) is -0.341. The summed E-state index contributed by atoms with van der Waals surface area (Å²) < 4.78 is 0. The van der Waals surface area contributed by atoms with Gasteiger partial charge in [0.25, 0.3) is 11.8 Å². The van der Waals surface area contributed by atoms with Gasteiger partial charge < -0.3 is 10.2 Å². The molecule has 5 nitrogen and oxygen atoms in total. The third-order valence-electron chi connectivity index (χ3n) is 4.25. The van der Waals surface area contributed by atoms with Gasteiger partial charge in [-0.25, -0.2) is 0 Å². The predicted molar refractivity (Wildman–Crippen MR) is 93.1 cm³/mol. The molecule has 0 spiro atoms. The van der Waals surface area contributed by atoms with Crippen LogP contribution in [0.4, 0.5) is 5.69 Å². The monoisotopic (exact) mass is 323 g/mol. The molecular weight excluding hydrogens is 302 g/mol. The average Bonchev–Trinajstić information content (AvgIpc) is 3.16. The lowest BCUT2D eigenvalue weighted by Gasteiger charge is -2.15. The molecule has 3 rings (SSSR count). The van der Waals surface area contributed by atoms with E-state index in [2.05, 4.69) is 17.2 Å². The Morgan fingerprint density at radius 3 is 2.50 bits per heavy atom. The van der Waals surface area contributed by atoms with Gasteiger partial charge in [0.1, 0.15) is 5.69 Å². The fraction of sp³-hybridized carbons (Fsp3) is 0.316. The molecule has 1 aromatic heterocycles. The second-order valence-electron chi connectivity index (χ2n) is 5.93. The van der Waals surface area contributed by atoms with Gasteiger partial charge in [0.05, 0.1) is 0 Å². The zero-order valence-corrected chi connectivity index (χ0v) is 13.8. The molecule has 2 heterocycles. The van der Waals surface area contributed by atoms with Crippen LogP contribution in [0.25, 0.3) is 0 Å². The van der Waals surface area contributed by atoms with Gasteiger partial charge in [-0.15, -0.1) is 0 Å². The maximum Gasteiger partial charge on any atom is 0.274 e. The van der Waals surface area contributed by atoms with Crippen LogP contribution in [-0.4, -0.2) is 34.8 Å². The van der Waals surface area contributed by atoms with E-state index in [1.807, 2.05) is 29.2 Å². The first-order chi connectivity index (χ1) is 11.7. The highest BCUT2D eigenvalue weighted by Crippen LogP contribution is 2.15. The van der Waals surface area contributed by atoms with Crippen molar-refractivity contribution in [2.45, 2.75) is 26.2 Å². The lowest BCUT2D eigenvalue weighted by atomic mass is 10.1. The van der Waals surface area contributed by atoms with Gasteiger partial charge in [-0.3, -0.25) is 14.6 Å². The van der Waals surface area contributed by atoms with Crippen LogP contribution in [0.1, 0.15) is 46.2 Å². The van der Waals surface area contributed by atoms with Crippen LogP contribution < -0.4 is 5.32 Å². The molecule has 0 bridgehead atoms. The van der Waals surface area contributed by atoms with Gasteiger partial charge in [0, 0.05) is 30.5 Å². The first-order valence-corrected chi connectivity index (χ1v) is 8.33. The largest absolute Gasteiger partial charge is 0.339 e. The quantitative estimate of drug-likeness (QED) is 0.940. The topological polar surface area (TPSA) is 62.3 Å². The van der Waals surface area contributed by atoms with E-state index in [9.17, 15) is 9.59 Å². The highest BCUT2D eigenvalue weighted by atomic mass is 16.2. The second-order valence-corrected chi connectivity index (χ2v) is 5.93. The Labute approximate surface area is 141 Å². The number of aryl methyl sites for hydroxylation is 1. The fourth-order valence-electron chi connectivity index (χ4n) is 2.81. The van der Waals surface area contributed by atoms with E-state index < -0.39 is 0 Å². The molecule has 1 fully saturated rings. The normalized spacial score (nSPS) is 13.8. The number of nitrogens with one attached hydrogen (secondary N) is 1. The summed E-state index contributed by atoms with van der Waals surface area (Å²) in [4.78, 5) is 30.7. The van der Waals surface area contributed by atoms with E-state index in [-0.39, 0.29) is 17.5 Å². The van der Waals surface area contributed by atoms with Crippen molar-refractivity contribution in [2.75, 3.05) is 18.4 Å². The molecular formula is C19H21N3O2. The molecule has 2 aromatic rings. The molecule has 24 heavy (non-hydrogen) atoms. The van der Waals surface area contributed by atoms with Gasteiger partial charge >= 0.3 is 0 Å². The van der Waals surface area contributed by atoms with Crippen molar-refractivity contribution in [1.29, 1.82) is 0 Å². The number of nitrogens with zero attached hydrogens (tertiary/aromatic N) is 2. The number of hydrogen-bond acceptors (Lipinski definition) is 3. The first kappa shape index (κ1) is 16.2. The summed E-state index contributed by atoms with van der Waals surface area (Å²) in [6, 6.07) is 10.9. The Morgan fingerprint density at radius 2 is 1.83 bits per heavy atom. The smallest absolute Gasteiger partial charge is 0.274 e. The van der Waals surface area contributed by atoms with Crippen molar-refractivity contribution in [1.82, 2.24) is 9.88 Å². The number of carbonyl (C=O) groups excluding carboxylic acids is 2. The minimum absolute atomic E-state index is 0.0313. The molecule has 1 N–H and O–H groups in total. The van der Waals surface area contributed by atoms with Crippen molar-refractivity contribution in [3.05, 3.63) is 59.4 Å². The lowest BCUT2D eigenvalue weighted by molar-refractivity contribution is 0.0792. The van der Waals surface area contributed by atoms with Crippen molar-refractivity contribution in [2.24, 2.45) is 0 Å².